The van der Waals surface area contributed by atoms with Crippen LogP contribution >= 0.6 is 0 Å². The van der Waals surface area contributed by atoms with Gasteiger partial charge in [-0.3, -0.25) is 10.1 Å². The van der Waals surface area contributed by atoms with E-state index in [1.54, 1.807) is 14.0 Å². The summed E-state index contributed by atoms with van der Waals surface area (Å²) in [7, 11) is 1.65. The lowest BCUT2D eigenvalue weighted by atomic mass is 10.3. The van der Waals surface area contributed by atoms with Crippen molar-refractivity contribution >= 4 is 5.97 Å². The summed E-state index contributed by atoms with van der Waals surface area (Å²) in [5, 5.41) is 22.5. The molecule has 0 bridgehead atoms. The van der Waals surface area contributed by atoms with Crippen molar-refractivity contribution in [3.8, 4) is 0 Å². The molecule has 0 amide bonds. The number of tetrazole rings is 1. The molecule has 0 aliphatic carbocycles. The van der Waals surface area contributed by atoms with Gasteiger partial charge < -0.3 is 5.11 Å². The average molecular weight is 185 g/mol. The summed E-state index contributed by atoms with van der Waals surface area (Å²) in [6.45, 7) is 1.86. The summed E-state index contributed by atoms with van der Waals surface area (Å²) in [4.78, 5) is 11.7. The Morgan fingerprint density at radius 1 is 1.77 bits per heavy atom. The Morgan fingerprint density at radius 3 is 2.92 bits per heavy atom. The standard InChI is InChI=1S/C6H11N5O2/c1-4(6(12)13)7-3-5-8-10-11(2)9-5/h4,7H,3H2,1-2H3,(H,12,13)/t4-/m1/s1. The van der Waals surface area contributed by atoms with Crippen LogP contribution in [0.4, 0.5) is 0 Å². The number of nitrogens with one attached hydrogen (secondary N) is 1. The minimum atomic E-state index is -0.899. The molecule has 0 unspecified atom stereocenters. The van der Waals surface area contributed by atoms with Crippen LogP contribution in [-0.2, 0) is 18.4 Å². The second-order valence-electron chi connectivity index (χ2n) is 2.64. The minimum Gasteiger partial charge on any atom is -0.480 e. The summed E-state index contributed by atoms with van der Waals surface area (Å²) in [5.41, 5.74) is 0. The Balaban J connectivity index is 2.39. The van der Waals surface area contributed by atoms with E-state index in [0.29, 0.717) is 12.4 Å². The number of carboxylic acids is 1. The molecule has 0 aliphatic rings. The topological polar surface area (TPSA) is 92.9 Å². The second-order valence-corrected chi connectivity index (χ2v) is 2.64. The van der Waals surface area contributed by atoms with Gasteiger partial charge in [-0.2, -0.15) is 4.80 Å². The van der Waals surface area contributed by atoms with Gasteiger partial charge in [0.25, 0.3) is 0 Å². The van der Waals surface area contributed by atoms with Crippen LogP contribution in [0.3, 0.4) is 0 Å². The SMILES string of the molecule is C[C@@H](NCc1nnn(C)n1)C(=O)O. The molecule has 0 aliphatic heterocycles. The molecular weight excluding hydrogens is 174 g/mol. The third-order valence-electron chi connectivity index (χ3n) is 1.49. The van der Waals surface area contributed by atoms with E-state index in [2.05, 4.69) is 20.7 Å². The van der Waals surface area contributed by atoms with Gasteiger partial charge in [0, 0.05) is 0 Å². The van der Waals surface area contributed by atoms with Crippen molar-refractivity contribution in [2.24, 2.45) is 7.05 Å². The number of nitrogens with zero attached hydrogens (tertiary/aromatic N) is 4. The molecule has 1 atom stereocenters. The highest BCUT2D eigenvalue weighted by Crippen LogP contribution is 1.87. The molecule has 0 saturated heterocycles. The number of aryl methyl sites for hydroxylation is 1. The molecule has 0 spiro atoms. The van der Waals surface area contributed by atoms with Gasteiger partial charge in [-0.25, -0.2) is 0 Å². The van der Waals surface area contributed by atoms with Crippen LogP contribution in [0.5, 0.6) is 0 Å². The first-order valence-electron chi connectivity index (χ1n) is 3.78. The maximum atomic E-state index is 10.4. The third kappa shape index (κ3) is 2.79. The smallest absolute Gasteiger partial charge is 0.320 e. The quantitative estimate of drug-likeness (QED) is 0.610. The Labute approximate surface area is 74.7 Å². The molecule has 72 valence electrons. The molecule has 0 radical (unpaired) electrons. The van der Waals surface area contributed by atoms with Crippen molar-refractivity contribution in [2.75, 3.05) is 0 Å². The van der Waals surface area contributed by atoms with Gasteiger partial charge in [-0.05, 0) is 12.1 Å². The van der Waals surface area contributed by atoms with Crippen LogP contribution < -0.4 is 5.32 Å². The number of hydrogen-bond acceptors (Lipinski definition) is 5. The number of hydrogen-bond donors (Lipinski definition) is 2. The van der Waals surface area contributed by atoms with Crippen molar-refractivity contribution in [2.45, 2.75) is 19.5 Å². The Kier molecular flexibility index (Phi) is 2.91. The summed E-state index contributed by atoms with van der Waals surface area (Å²) >= 11 is 0. The van der Waals surface area contributed by atoms with Gasteiger partial charge in [0.2, 0.25) is 0 Å². The van der Waals surface area contributed by atoms with E-state index in [1.165, 1.54) is 4.80 Å². The molecule has 1 aromatic rings. The molecule has 2 N–H and O–H groups in total. The summed E-state index contributed by atoms with van der Waals surface area (Å²) < 4.78 is 0. The van der Waals surface area contributed by atoms with Crippen molar-refractivity contribution in [3.63, 3.8) is 0 Å². The lowest BCUT2D eigenvalue weighted by Gasteiger charge is -2.05. The van der Waals surface area contributed by atoms with Crippen LogP contribution in [0.25, 0.3) is 0 Å². The third-order valence-corrected chi connectivity index (χ3v) is 1.49. The zero-order valence-electron chi connectivity index (χ0n) is 7.43. The van der Waals surface area contributed by atoms with Gasteiger partial charge in [0.15, 0.2) is 5.82 Å². The molecule has 7 nitrogen and oxygen atoms in total. The molecule has 1 rings (SSSR count). The van der Waals surface area contributed by atoms with Crippen molar-refractivity contribution in [1.82, 2.24) is 25.5 Å². The van der Waals surface area contributed by atoms with E-state index in [1.807, 2.05) is 0 Å². The van der Waals surface area contributed by atoms with E-state index >= 15 is 0 Å². The average Bonchev–Trinajstić information content (AvgIpc) is 2.47. The number of carboxylic acid groups (broad SMARTS) is 1. The predicted molar refractivity (Wildman–Crippen MR) is 42.7 cm³/mol. The lowest BCUT2D eigenvalue weighted by molar-refractivity contribution is -0.139. The first-order chi connectivity index (χ1) is 6.09. The fraction of sp³-hybridized carbons (Fsp3) is 0.667. The fourth-order valence-electron chi connectivity index (χ4n) is 0.726. The molecule has 0 aromatic carbocycles. The normalized spacial score (nSPS) is 12.8. The maximum Gasteiger partial charge on any atom is 0.320 e. The maximum absolute atomic E-state index is 10.4. The Bertz CT molecular complexity index is 297. The predicted octanol–water partition coefficient (Wildman–Crippen LogP) is -1.23. The molecular formula is C6H11N5O2. The van der Waals surface area contributed by atoms with Gasteiger partial charge in [0.1, 0.15) is 6.04 Å². The number of rotatable bonds is 4. The van der Waals surface area contributed by atoms with Gasteiger partial charge in [-0.1, -0.05) is 0 Å². The first-order valence-corrected chi connectivity index (χ1v) is 3.78. The highest BCUT2D eigenvalue weighted by Gasteiger charge is 2.10. The van der Waals surface area contributed by atoms with Crippen LogP contribution in [0.15, 0.2) is 0 Å². The summed E-state index contributed by atoms with van der Waals surface area (Å²) in [6.07, 6.45) is 0. The van der Waals surface area contributed by atoms with E-state index < -0.39 is 12.0 Å². The monoisotopic (exact) mass is 185 g/mol. The Morgan fingerprint density at radius 2 is 2.46 bits per heavy atom. The molecule has 7 heteroatoms. The molecule has 1 aromatic heterocycles. The zero-order chi connectivity index (χ0) is 9.84. The van der Waals surface area contributed by atoms with Crippen molar-refractivity contribution in [3.05, 3.63) is 5.82 Å². The summed E-state index contributed by atoms with van der Waals surface area (Å²) in [5.74, 6) is -0.417. The van der Waals surface area contributed by atoms with E-state index in [4.69, 9.17) is 5.11 Å². The number of aliphatic carboxylic acids is 1. The number of aromatic nitrogens is 4. The van der Waals surface area contributed by atoms with Crippen LogP contribution in [0.1, 0.15) is 12.7 Å². The van der Waals surface area contributed by atoms with E-state index in [-0.39, 0.29) is 0 Å². The lowest BCUT2D eigenvalue weighted by Crippen LogP contribution is -2.33. The molecule has 0 saturated carbocycles. The van der Waals surface area contributed by atoms with Crippen LogP contribution in [0.2, 0.25) is 0 Å². The van der Waals surface area contributed by atoms with Gasteiger partial charge >= 0.3 is 5.97 Å². The molecule has 1 heterocycles. The van der Waals surface area contributed by atoms with Gasteiger partial charge in [-0.15, -0.1) is 10.2 Å². The van der Waals surface area contributed by atoms with Gasteiger partial charge in [0.05, 0.1) is 13.6 Å². The second kappa shape index (κ2) is 3.94. The highest BCUT2D eigenvalue weighted by molar-refractivity contribution is 5.72. The Hall–Kier alpha value is -1.50. The van der Waals surface area contributed by atoms with E-state index in [0.717, 1.165) is 0 Å². The van der Waals surface area contributed by atoms with Crippen LogP contribution in [0, 0.1) is 0 Å². The van der Waals surface area contributed by atoms with Crippen molar-refractivity contribution < 1.29 is 9.90 Å². The van der Waals surface area contributed by atoms with Crippen LogP contribution in [-0.4, -0.2) is 37.3 Å². The molecule has 0 fully saturated rings. The fourth-order valence-corrected chi connectivity index (χ4v) is 0.726. The van der Waals surface area contributed by atoms with E-state index in [9.17, 15) is 4.79 Å². The number of carbonyl (C=O) groups is 1. The van der Waals surface area contributed by atoms with Crippen molar-refractivity contribution in [1.29, 1.82) is 0 Å². The summed E-state index contributed by atoms with van der Waals surface area (Å²) in [6, 6.07) is -0.608. The zero-order valence-corrected chi connectivity index (χ0v) is 7.43. The highest BCUT2D eigenvalue weighted by atomic mass is 16.4. The first kappa shape index (κ1) is 9.59. The molecule has 13 heavy (non-hydrogen) atoms. The minimum absolute atomic E-state index is 0.307. The largest absolute Gasteiger partial charge is 0.480 e.